The molecule has 0 fully saturated rings. The Labute approximate surface area is 263 Å². The summed E-state index contributed by atoms with van der Waals surface area (Å²) in [6.45, 7) is 0. The Morgan fingerprint density at radius 2 is 1.09 bits per heavy atom. The molecule has 0 saturated heterocycles. The van der Waals surface area contributed by atoms with Gasteiger partial charge in [0, 0.05) is 32.7 Å². The van der Waals surface area contributed by atoms with Crippen LogP contribution in [-0.2, 0) is 0 Å². The number of para-hydroxylation sites is 2. The molecular weight excluding hydrogens is 564 g/mol. The first-order chi connectivity index (χ1) is 22.8. The third-order valence-electron chi connectivity index (χ3n) is 9.01. The van der Waals surface area contributed by atoms with E-state index < -0.39 is 0 Å². The fourth-order valence-corrected chi connectivity index (χ4v) is 6.97. The zero-order valence-corrected chi connectivity index (χ0v) is 24.6. The average Bonchev–Trinajstić information content (AvgIpc) is 3.69. The van der Waals surface area contributed by atoms with Crippen LogP contribution in [0.5, 0.6) is 0 Å². The molecule has 0 unspecified atom stereocenters. The van der Waals surface area contributed by atoms with E-state index in [0.717, 1.165) is 65.6 Å². The fraction of sp³-hybridized carbons (Fsp3) is 0. The summed E-state index contributed by atoms with van der Waals surface area (Å²) in [5.41, 5.74) is 5.48. The first-order valence-corrected chi connectivity index (χ1v) is 15.4. The SMILES string of the molecule is c1ccc(-c2nc(-c3ccc4ccccc4c3)nc(-n3c4ccccc4c4c5ccccc5c5c6ccccc6oc5c43)n2)cc1. The van der Waals surface area contributed by atoms with Gasteiger partial charge in [0.15, 0.2) is 17.2 Å². The second kappa shape index (κ2) is 9.58. The quantitative estimate of drug-likeness (QED) is 0.206. The van der Waals surface area contributed by atoms with E-state index in [2.05, 4.69) is 108 Å². The monoisotopic (exact) mass is 588 g/mol. The Balaban J connectivity index is 1.38. The molecule has 3 heterocycles. The lowest BCUT2D eigenvalue weighted by molar-refractivity contribution is 0.671. The van der Waals surface area contributed by atoms with E-state index in [-0.39, 0.29) is 0 Å². The molecule has 0 atom stereocenters. The fourth-order valence-electron chi connectivity index (χ4n) is 6.97. The number of furan rings is 1. The molecule has 0 aliphatic heterocycles. The van der Waals surface area contributed by atoms with Crippen LogP contribution in [0.4, 0.5) is 0 Å². The van der Waals surface area contributed by atoms with E-state index >= 15 is 0 Å². The van der Waals surface area contributed by atoms with Gasteiger partial charge in [0.2, 0.25) is 5.95 Å². The Morgan fingerprint density at radius 1 is 0.457 bits per heavy atom. The zero-order valence-electron chi connectivity index (χ0n) is 24.6. The molecule has 5 nitrogen and oxygen atoms in total. The number of nitrogens with zero attached hydrogens (tertiary/aromatic N) is 4. The van der Waals surface area contributed by atoms with Gasteiger partial charge in [-0.1, -0.05) is 127 Å². The van der Waals surface area contributed by atoms with Crippen molar-refractivity contribution < 1.29 is 4.42 Å². The lowest BCUT2D eigenvalue weighted by Crippen LogP contribution is -2.06. The van der Waals surface area contributed by atoms with Gasteiger partial charge >= 0.3 is 0 Å². The predicted molar refractivity (Wildman–Crippen MR) is 187 cm³/mol. The van der Waals surface area contributed by atoms with Gasteiger partial charge in [-0.25, -0.2) is 4.98 Å². The zero-order chi connectivity index (χ0) is 30.2. The molecule has 0 N–H and O–H groups in total. The van der Waals surface area contributed by atoms with E-state index in [1.165, 1.54) is 10.8 Å². The maximum atomic E-state index is 6.75. The molecule has 0 saturated carbocycles. The lowest BCUT2D eigenvalue weighted by atomic mass is 9.99. The number of hydrogen-bond acceptors (Lipinski definition) is 4. The van der Waals surface area contributed by atoms with Gasteiger partial charge in [-0.15, -0.1) is 0 Å². The molecule has 10 rings (SSSR count). The van der Waals surface area contributed by atoms with E-state index in [9.17, 15) is 0 Å². The summed E-state index contributed by atoms with van der Waals surface area (Å²) < 4.78 is 8.92. The minimum absolute atomic E-state index is 0.542. The first kappa shape index (κ1) is 25.0. The molecule has 0 aliphatic rings. The molecule has 5 heteroatoms. The minimum Gasteiger partial charge on any atom is -0.454 e. The van der Waals surface area contributed by atoms with Crippen LogP contribution in [0.15, 0.2) is 150 Å². The van der Waals surface area contributed by atoms with E-state index in [4.69, 9.17) is 19.4 Å². The highest BCUT2D eigenvalue weighted by molar-refractivity contribution is 6.34. The third kappa shape index (κ3) is 3.60. The van der Waals surface area contributed by atoms with Crippen molar-refractivity contribution >= 4 is 65.3 Å². The Kier molecular flexibility index (Phi) is 5.22. The standard InChI is InChI=1S/C41H24N4O/c1-2-13-26(14-3-1)39-42-40(28-23-22-25-12-4-5-15-27(25)24-28)44-41(43-39)45-33-20-10-8-18-31(33)35-29-16-6-7-17-30(29)36-32-19-9-11-21-34(32)46-38(36)37(35)45/h1-24H. The van der Waals surface area contributed by atoms with Crippen molar-refractivity contribution in [2.45, 2.75) is 0 Å². The van der Waals surface area contributed by atoms with Crippen LogP contribution >= 0.6 is 0 Å². The molecule has 7 aromatic carbocycles. The van der Waals surface area contributed by atoms with E-state index in [0.29, 0.717) is 17.6 Å². The van der Waals surface area contributed by atoms with Crippen molar-refractivity contribution in [2.24, 2.45) is 0 Å². The summed E-state index contributed by atoms with van der Waals surface area (Å²) in [6, 6.07) is 50.2. The summed E-state index contributed by atoms with van der Waals surface area (Å²) in [4.78, 5) is 15.4. The van der Waals surface area contributed by atoms with Gasteiger partial charge in [-0.05, 0) is 39.7 Å². The largest absolute Gasteiger partial charge is 0.454 e. The molecule has 0 radical (unpaired) electrons. The third-order valence-corrected chi connectivity index (χ3v) is 9.01. The number of hydrogen-bond donors (Lipinski definition) is 0. The number of aromatic nitrogens is 4. The Hall–Kier alpha value is -6.33. The van der Waals surface area contributed by atoms with Crippen molar-refractivity contribution in [3.8, 4) is 28.7 Å². The maximum Gasteiger partial charge on any atom is 0.238 e. The number of benzene rings is 7. The average molecular weight is 589 g/mol. The van der Waals surface area contributed by atoms with Crippen molar-refractivity contribution in [1.82, 2.24) is 19.5 Å². The predicted octanol–water partition coefficient (Wildman–Crippen LogP) is 10.5. The van der Waals surface area contributed by atoms with Crippen LogP contribution in [0.2, 0.25) is 0 Å². The second-order valence-electron chi connectivity index (χ2n) is 11.6. The molecule has 3 aromatic heterocycles. The molecule has 10 aromatic rings. The van der Waals surface area contributed by atoms with Gasteiger partial charge < -0.3 is 4.42 Å². The maximum absolute atomic E-state index is 6.75. The highest BCUT2D eigenvalue weighted by Gasteiger charge is 2.24. The molecule has 0 aliphatic carbocycles. The van der Waals surface area contributed by atoms with Crippen LogP contribution < -0.4 is 0 Å². The van der Waals surface area contributed by atoms with Crippen LogP contribution in [0.3, 0.4) is 0 Å². The van der Waals surface area contributed by atoms with E-state index in [1.54, 1.807) is 0 Å². The van der Waals surface area contributed by atoms with Gasteiger partial charge in [-0.2, -0.15) is 9.97 Å². The molecule has 214 valence electrons. The van der Waals surface area contributed by atoms with Crippen LogP contribution in [-0.4, -0.2) is 19.5 Å². The minimum atomic E-state index is 0.542. The molecule has 0 bridgehead atoms. The molecular formula is C41H24N4O. The highest BCUT2D eigenvalue weighted by Crippen LogP contribution is 2.45. The van der Waals surface area contributed by atoms with Gasteiger partial charge in [0.1, 0.15) is 11.1 Å². The topological polar surface area (TPSA) is 56.7 Å². The van der Waals surface area contributed by atoms with E-state index in [1.807, 2.05) is 42.5 Å². The highest BCUT2D eigenvalue weighted by atomic mass is 16.3. The van der Waals surface area contributed by atoms with Gasteiger partial charge in [-0.3, -0.25) is 4.57 Å². The van der Waals surface area contributed by atoms with Gasteiger partial charge in [0.25, 0.3) is 0 Å². The van der Waals surface area contributed by atoms with Crippen molar-refractivity contribution in [3.05, 3.63) is 146 Å². The second-order valence-corrected chi connectivity index (χ2v) is 11.6. The summed E-state index contributed by atoms with van der Waals surface area (Å²) >= 11 is 0. The molecule has 0 amide bonds. The smallest absolute Gasteiger partial charge is 0.238 e. The number of rotatable bonds is 3. The van der Waals surface area contributed by atoms with Crippen LogP contribution in [0.25, 0.3) is 94.0 Å². The number of fused-ring (bicyclic) bond motifs is 11. The van der Waals surface area contributed by atoms with Crippen molar-refractivity contribution in [2.75, 3.05) is 0 Å². The summed E-state index contributed by atoms with van der Waals surface area (Å²) in [5.74, 6) is 1.77. The Bertz CT molecular complexity index is 2810. The van der Waals surface area contributed by atoms with Crippen LogP contribution in [0.1, 0.15) is 0 Å². The summed E-state index contributed by atoms with van der Waals surface area (Å²) in [6.07, 6.45) is 0. The first-order valence-electron chi connectivity index (χ1n) is 15.4. The molecule has 46 heavy (non-hydrogen) atoms. The summed E-state index contributed by atoms with van der Waals surface area (Å²) in [5, 5.41) is 9.05. The van der Waals surface area contributed by atoms with Crippen molar-refractivity contribution in [3.63, 3.8) is 0 Å². The normalized spacial score (nSPS) is 11.9. The van der Waals surface area contributed by atoms with Crippen LogP contribution in [0, 0.1) is 0 Å². The Morgan fingerprint density at radius 3 is 1.91 bits per heavy atom. The molecule has 0 spiro atoms. The summed E-state index contributed by atoms with van der Waals surface area (Å²) in [7, 11) is 0. The lowest BCUT2D eigenvalue weighted by Gasteiger charge is -2.12. The van der Waals surface area contributed by atoms with Gasteiger partial charge in [0.05, 0.1) is 5.52 Å². The van der Waals surface area contributed by atoms with Crippen molar-refractivity contribution in [1.29, 1.82) is 0 Å².